The lowest BCUT2D eigenvalue weighted by Gasteiger charge is -2.17. The zero-order valence-electron chi connectivity index (χ0n) is 15.6. The second kappa shape index (κ2) is 9.89. The van der Waals surface area contributed by atoms with Crippen LogP contribution in [-0.4, -0.2) is 11.5 Å². The van der Waals surface area contributed by atoms with Gasteiger partial charge in [-0.05, 0) is 46.2 Å². The fourth-order valence-corrected chi connectivity index (χ4v) is 5.26. The average Bonchev–Trinajstić information content (AvgIpc) is 2.71. The molecule has 0 radical (unpaired) electrons. The van der Waals surface area contributed by atoms with Crippen LogP contribution in [0, 0.1) is 0 Å². The molecule has 0 bridgehead atoms. The molecule has 3 rings (SSSR count). The van der Waals surface area contributed by atoms with E-state index in [0.717, 1.165) is 11.5 Å². The molecule has 0 nitrogen and oxygen atoms in total. The minimum absolute atomic E-state index is 1.14. The van der Waals surface area contributed by atoms with Crippen molar-refractivity contribution in [3.8, 4) is 0 Å². The lowest BCUT2D eigenvalue weighted by atomic mass is 10.0. The Morgan fingerprint density at radius 3 is 2.00 bits per heavy atom. The van der Waals surface area contributed by atoms with Crippen molar-refractivity contribution in [2.24, 2.45) is 0 Å². The maximum absolute atomic E-state index is 2.29. The average molecular weight is 379 g/mol. The molecule has 2 heteroatoms. The maximum atomic E-state index is 2.29. The normalized spacial score (nSPS) is 12.2. The van der Waals surface area contributed by atoms with Gasteiger partial charge in [0.1, 0.15) is 0 Å². The summed E-state index contributed by atoms with van der Waals surface area (Å²) in [5, 5.41) is 2.66. The zero-order valence-corrected chi connectivity index (χ0v) is 17.2. The summed E-state index contributed by atoms with van der Waals surface area (Å²) >= 11 is 4.00. The Morgan fingerprint density at radius 1 is 0.654 bits per heavy atom. The van der Waals surface area contributed by atoms with Crippen molar-refractivity contribution < 1.29 is 0 Å². The van der Waals surface area contributed by atoms with Crippen LogP contribution in [0.4, 0.5) is 0 Å². The van der Waals surface area contributed by atoms with Crippen LogP contribution in [-0.2, 0) is 0 Å². The topological polar surface area (TPSA) is 0 Å². The van der Waals surface area contributed by atoms with Gasteiger partial charge in [-0.2, -0.15) is 0 Å². The Kier molecular flexibility index (Phi) is 7.28. The molecule has 3 aromatic rings. The van der Waals surface area contributed by atoms with E-state index in [4.69, 9.17) is 0 Å². The van der Waals surface area contributed by atoms with E-state index in [1.54, 1.807) is 0 Å². The minimum Gasteiger partial charge on any atom is -0.124 e. The Labute approximate surface area is 166 Å². The molecule has 0 saturated carbocycles. The first-order chi connectivity index (χ1) is 12.8. The summed E-state index contributed by atoms with van der Waals surface area (Å²) in [6, 6.07) is 26.3. The quantitative estimate of drug-likeness (QED) is 0.365. The van der Waals surface area contributed by atoms with Gasteiger partial charge >= 0.3 is 0 Å². The first-order valence-electron chi connectivity index (χ1n) is 9.38. The minimum atomic E-state index is 1.14. The van der Waals surface area contributed by atoms with Gasteiger partial charge in [0.2, 0.25) is 0 Å². The van der Waals surface area contributed by atoms with Crippen molar-refractivity contribution in [3.63, 3.8) is 0 Å². The molecular weight excluding hydrogens is 352 g/mol. The van der Waals surface area contributed by atoms with E-state index in [2.05, 4.69) is 86.6 Å². The molecule has 3 aromatic carbocycles. The molecule has 0 heterocycles. The molecule has 0 aliphatic rings. The molecule has 0 aromatic heterocycles. The van der Waals surface area contributed by atoms with Crippen molar-refractivity contribution in [1.82, 2.24) is 0 Å². The molecule has 0 spiro atoms. The molecular formula is C24H26S2. The van der Waals surface area contributed by atoms with Gasteiger partial charge < -0.3 is 0 Å². The van der Waals surface area contributed by atoms with Crippen LogP contribution in [0.25, 0.3) is 20.6 Å². The molecule has 0 amide bonds. The predicted octanol–water partition coefficient (Wildman–Crippen LogP) is 7.95. The third-order valence-electron chi connectivity index (χ3n) is 4.18. The van der Waals surface area contributed by atoms with Crippen LogP contribution in [0.1, 0.15) is 37.8 Å². The van der Waals surface area contributed by atoms with Crippen LogP contribution >= 0.6 is 23.5 Å². The summed E-state index contributed by atoms with van der Waals surface area (Å²) in [7, 11) is 0. The summed E-state index contributed by atoms with van der Waals surface area (Å²) in [6.07, 6.45) is 2.36. The van der Waals surface area contributed by atoms with E-state index < -0.39 is 0 Å². The Bertz CT molecular complexity index is 860. The fourth-order valence-electron chi connectivity index (χ4n) is 2.97. The summed E-state index contributed by atoms with van der Waals surface area (Å²) in [5.41, 5.74) is 2.70. The van der Waals surface area contributed by atoms with E-state index in [-0.39, 0.29) is 0 Å². The SMILES string of the molecule is CCCS/C(=C(\SCCC)c1cccc2ccccc12)c1ccccc1. The second-order valence-corrected chi connectivity index (χ2v) is 8.46. The van der Waals surface area contributed by atoms with Gasteiger partial charge in [0.25, 0.3) is 0 Å². The standard InChI is InChI=1S/C24H26S2/c1-3-17-25-23(20-12-6-5-7-13-20)24(26-18-4-2)22-16-10-14-19-11-8-9-15-21(19)22/h5-16H,3-4,17-18H2,1-2H3/b24-23-. The summed E-state index contributed by atoms with van der Waals surface area (Å²) in [6.45, 7) is 4.52. The predicted molar refractivity (Wildman–Crippen MR) is 123 cm³/mol. The molecule has 0 N–H and O–H groups in total. The van der Waals surface area contributed by atoms with Gasteiger partial charge in [-0.15, -0.1) is 23.5 Å². The molecule has 0 saturated heterocycles. The van der Waals surface area contributed by atoms with Gasteiger partial charge in [-0.25, -0.2) is 0 Å². The lowest BCUT2D eigenvalue weighted by molar-refractivity contribution is 1.11. The van der Waals surface area contributed by atoms with Crippen LogP contribution in [0.3, 0.4) is 0 Å². The van der Waals surface area contributed by atoms with Gasteiger partial charge in [-0.3, -0.25) is 0 Å². The third kappa shape index (κ3) is 4.55. The smallest absolute Gasteiger partial charge is 0.0293 e. The first-order valence-corrected chi connectivity index (χ1v) is 11.4. The molecule has 26 heavy (non-hydrogen) atoms. The number of benzene rings is 3. The lowest BCUT2D eigenvalue weighted by Crippen LogP contribution is -1.92. The van der Waals surface area contributed by atoms with Crippen molar-refractivity contribution in [2.45, 2.75) is 26.7 Å². The van der Waals surface area contributed by atoms with E-state index >= 15 is 0 Å². The Balaban J connectivity index is 2.22. The van der Waals surface area contributed by atoms with Crippen LogP contribution < -0.4 is 0 Å². The van der Waals surface area contributed by atoms with Gasteiger partial charge in [-0.1, -0.05) is 86.6 Å². The number of hydrogen-bond donors (Lipinski definition) is 0. The van der Waals surface area contributed by atoms with Gasteiger partial charge in [0.05, 0.1) is 0 Å². The Morgan fingerprint density at radius 2 is 1.27 bits per heavy atom. The molecule has 0 atom stereocenters. The first kappa shape index (κ1) is 19.1. The molecule has 134 valence electrons. The molecule has 0 unspecified atom stereocenters. The van der Waals surface area contributed by atoms with E-state index in [0.29, 0.717) is 0 Å². The highest BCUT2D eigenvalue weighted by molar-refractivity contribution is 8.13. The monoisotopic (exact) mass is 378 g/mol. The van der Waals surface area contributed by atoms with E-state index in [1.165, 1.54) is 44.6 Å². The van der Waals surface area contributed by atoms with Gasteiger partial charge in [0, 0.05) is 9.81 Å². The molecule has 0 aliphatic heterocycles. The number of hydrogen-bond acceptors (Lipinski definition) is 2. The largest absolute Gasteiger partial charge is 0.124 e. The summed E-state index contributed by atoms with van der Waals surface area (Å²) in [5.74, 6) is 2.28. The Hall–Kier alpha value is -1.64. The van der Waals surface area contributed by atoms with E-state index in [9.17, 15) is 0 Å². The summed E-state index contributed by atoms with van der Waals surface area (Å²) in [4.78, 5) is 2.84. The van der Waals surface area contributed by atoms with Crippen molar-refractivity contribution >= 4 is 44.1 Å². The maximum Gasteiger partial charge on any atom is 0.0293 e. The molecule has 0 aliphatic carbocycles. The van der Waals surface area contributed by atoms with Crippen molar-refractivity contribution in [2.75, 3.05) is 11.5 Å². The number of rotatable bonds is 8. The molecule has 0 fully saturated rings. The van der Waals surface area contributed by atoms with Crippen LogP contribution in [0.5, 0.6) is 0 Å². The number of fused-ring (bicyclic) bond motifs is 1. The fraction of sp³-hybridized carbons (Fsp3) is 0.250. The number of thioether (sulfide) groups is 2. The highest BCUT2D eigenvalue weighted by atomic mass is 32.2. The van der Waals surface area contributed by atoms with Crippen LogP contribution in [0.2, 0.25) is 0 Å². The highest BCUT2D eigenvalue weighted by Gasteiger charge is 2.15. The van der Waals surface area contributed by atoms with Crippen molar-refractivity contribution in [3.05, 3.63) is 83.9 Å². The second-order valence-electron chi connectivity index (χ2n) is 6.25. The third-order valence-corrected chi connectivity index (χ3v) is 6.97. The highest BCUT2D eigenvalue weighted by Crippen LogP contribution is 2.44. The summed E-state index contributed by atoms with van der Waals surface area (Å²) < 4.78 is 0. The van der Waals surface area contributed by atoms with Crippen molar-refractivity contribution in [1.29, 1.82) is 0 Å². The van der Waals surface area contributed by atoms with E-state index in [1.807, 2.05) is 23.5 Å². The van der Waals surface area contributed by atoms with Gasteiger partial charge in [0.15, 0.2) is 0 Å². The van der Waals surface area contributed by atoms with Crippen LogP contribution in [0.15, 0.2) is 72.8 Å². The zero-order chi connectivity index (χ0) is 18.2.